The van der Waals surface area contributed by atoms with E-state index < -0.39 is 0 Å². The number of rotatable bonds is 4. The van der Waals surface area contributed by atoms with Gasteiger partial charge in [-0.1, -0.05) is 17.7 Å². The minimum atomic E-state index is -0.287. The molecule has 0 aliphatic heterocycles. The van der Waals surface area contributed by atoms with Crippen LogP contribution in [0.5, 0.6) is 0 Å². The third-order valence-electron chi connectivity index (χ3n) is 2.06. The highest BCUT2D eigenvalue weighted by atomic mass is 16.5. The van der Waals surface area contributed by atoms with Crippen molar-refractivity contribution in [2.24, 2.45) is 0 Å². The summed E-state index contributed by atoms with van der Waals surface area (Å²) in [5, 5.41) is 0. The molecule has 0 atom stereocenters. The molecule has 3 nitrogen and oxygen atoms in total. The molecule has 0 amide bonds. The van der Waals surface area contributed by atoms with Gasteiger partial charge in [-0.3, -0.25) is 0 Å². The highest BCUT2D eigenvalue weighted by Crippen LogP contribution is 2.14. The molecular weight excluding hydrogens is 192 g/mol. The van der Waals surface area contributed by atoms with E-state index in [0.717, 1.165) is 11.1 Å². The van der Waals surface area contributed by atoms with Gasteiger partial charge in [0.15, 0.2) is 0 Å². The zero-order valence-corrected chi connectivity index (χ0v) is 9.37. The summed E-state index contributed by atoms with van der Waals surface area (Å²) in [6.07, 6.45) is 0. The third-order valence-corrected chi connectivity index (χ3v) is 2.06. The summed E-state index contributed by atoms with van der Waals surface area (Å²) in [5.41, 5.74) is 2.57. The average Bonchev–Trinajstić information content (AvgIpc) is 2.18. The summed E-state index contributed by atoms with van der Waals surface area (Å²) in [6.45, 7) is 4.59. The van der Waals surface area contributed by atoms with E-state index in [1.165, 1.54) is 0 Å². The van der Waals surface area contributed by atoms with Gasteiger partial charge in [0, 0.05) is 7.11 Å². The van der Waals surface area contributed by atoms with Gasteiger partial charge in [0.1, 0.15) is 0 Å². The molecule has 0 unspecified atom stereocenters. The fourth-order valence-electron chi connectivity index (χ4n) is 1.41. The molecule has 3 heteroatoms. The molecule has 0 saturated carbocycles. The maximum Gasteiger partial charge on any atom is 0.338 e. The van der Waals surface area contributed by atoms with Gasteiger partial charge in [0.25, 0.3) is 0 Å². The number of carbonyl (C=O) groups excluding carboxylic acids is 1. The number of carbonyl (C=O) groups is 1. The highest BCUT2D eigenvalue weighted by molar-refractivity contribution is 5.91. The van der Waals surface area contributed by atoms with Gasteiger partial charge in [-0.2, -0.15) is 0 Å². The summed E-state index contributed by atoms with van der Waals surface area (Å²) in [4.78, 5) is 11.6. The van der Waals surface area contributed by atoms with Crippen LogP contribution in [0.1, 0.15) is 28.4 Å². The first-order valence-electron chi connectivity index (χ1n) is 4.94. The summed E-state index contributed by atoms with van der Waals surface area (Å²) >= 11 is 0. The average molecular weight is 208 g/mol. The van der Waals surface area contributed by atoms with E-state index in [2.05, 4.69) is 0 Å². The van der Waals surface area contributed by atoms with E-state index in [-0.39, 0.29) is 5.97 Å². The Kier molecular flexibility index (Phi) is 4.31. The largest absolute Gasteiger partial charge is 0.462 e. The zero-order chi connectivity index (χ0) is 11.3. The number of esters is 1. The molecule has 0 aliphatic rings. The van der Waals surface area contributed by atoms with Crippen LogP contribution in [0.3, 0.4) is 0 Å². The molecule has 0 saturated heterocycles. The second-order valence-electron chi connectivity index (χ2n) is 3.31. The van der Waals surface area contributed by atoms with Crippen molar-refractivity contribution in [3.63, 3.8) is 0 Å². The summed E-state index contributed by atoms with van der Waals surface area (Å²) < 4.78 is 10.0. The number of benzene rings is 1. The highest BCUT2D eigenvalue weighted by Gasteiger charge is 2.11. The Morgan fingerprint density at radius 3 is 2.73 bits per heavy atom. The Bertz CT molecular complexity index is 345. The van der Waals surface area contributed by atoms with Gasteiger partial charge in [-0.15, -0.1) is 0 Å². The van der Waals surface area contributed by atoms with Crippen LogP contribution in [0.4, 0.5) is 0 Å². The van der Waals surface area contributed by atoms with Crippen molar-refractivity contribution in [3.05, 3.63) is 34.9 Å². The smallest absolute Gasteiger partial charge is 0.338 e. The maximum absolute atomic E-state index is 11.6. The second-order valence-corrected chi connectivity index (χ2v) is 3.31. The summed E-state index contributed by atoms with van der Waals surface area (Å²) in [7, 11) is 1.61. The third kappa shape index (κ3) is 3.06. The Morgan fingerprint density at radius 1 is 1.40 bits per heavy atom. The SMILES string of the molecule is CCOC(=O)c1ccc(C)cc1COC. The molecule has 0 aromatic heterocycles. The lowest BCUT2D eigenvalue weighted by molar-refractivity contribution is 0.0521. The first kappa shape index (κ1) is 11.7. The lowest BCUT2D eigenvalue weighted by Crippen LogP contribution is -2.08. The molecule has 0 fully saturated rings. The Labute approximate surface area is 90.0 Å². The summed E-state index contributed by atoms with van der Waals surface area (Å²) in [6, 6.07) is 5.61. The van der Waals surface area contributed by atoms with E-state index in [0.29, 0.717) is 18.8 Å². The van der Waals surface area contributed by atoms with Crippen molar-refractivity contribution in [2.45, 2.75) is 20.5 Å². The van der Waals surface area contributed by atoms with E-state index in [1.807, 2.05) is 19.1 Å². The Balaban J connectivity index is 2.99. The molecule has 1 aromatic rings. The predicted octanol–water partition coefficient (Wildman–Crippen LogP) is 2.32. The van der Waals surface area contributed by atoms with Crippen molar-refractivity contribution < 1.29 is 14.3 Å². The Hall–Kier alpha value is -1.35. The molecule has 0 radical (unpaired) electrons. The van der Waals surface area contributed by atoms with Crippen LogP contribution in [0.2, 0.25) is 0 Å². The molecule has 15 heavy (non-hydrogen) atoms. The van der Waals surface area contributed by atoms with Crippen molar-refractivity contribution in [1.82, 2.24) is 0 Å². The molecule has 0 spiro atoms. The van der Waals surface area contributed by atoms with Crippen LogP contribution in [-0.4, -0.2) is 19.7 Å². The molecule has 0 aliphatic carbocycles. The molecule has 0 N–H and O–H groups in total. The van der Waals surface area contributed by atoms with Crippen LogP contribution < -0.4 is 0 Å². The zero-order valence-electron chi connectivity index (χ0n) is 9.37. The monoisotopic (exact) mass is 208 g/mol. The van der Waals surface area contributed by atoms with Gasteiger partial charge >= 0.3 is 5.97 Å². The number of ether oxygens (including phenoxy) is 2. The van der Waals surface area contributed by atoms with Gasteiger partial charge < -0.3 is 9.47 Å². The molecular formula is C12H16O3. The minimum absolute atomic E-state index is 0.287. The van der Waals surface area contributed by atoms with Gasteiger partial charge in [-0.05, 0) is 25.5 Å². The lowest BCUT2D eigenvalue weighted by atomic mass is 10.1. The molecule has 1 aromatic carbocycles. The van der Waals surface area contributed by atoms with Crippen molar-refractivity contribution >= 4 is 5.97 Å². The molecule has 0 heterocycles. The fraction of sp³-hybridized carbons (Fsp3) is 0.417. The maximum atomic E-state index is 11.6. The predicted molar refractivity (Wildman–Crippen MR) is 57.8 cm³/mol. The fourth-order valence-corrected chi connectivity index (χ4v) is 1.41. The lowest BCUT2D eigenvalue weighted by Gasteiger charge is -2.08. The first-order chi connectivity index (χ1) is 7.19. The number of hydrogen-bond donors (Lipinski definition) is 0. The number of aryl methyl sites for hydroxylation is 1. The quantitative estimate of drug-likeness (QED) is 0.712. The first-order valence-corrected chi connectivity index (χ1v) is 4.94. The minimum Gasteiger partial charge on any atom is -0.462 e. The van der Waals surface area contributed by atoms with Crippen molar-refractivity contribution in [1.29, 1.82) is 0 Å². The van der Waals surface area contributed by atoms with E-state index >= 15 is 0 Å². The van der Waals surface area contributed by atoms with Crippen LogP contribution >= 0.6 is 0 Å². The standard InChI is InChI=1S/C12H16O3/c1-4-15-12(13)11-6-5-9(2)7-10(11)8-14-3/h5-7H,4,8H2,1-3H3. The Morgan fingerprint density at radius 2 is 2.13 bits per heavy atom. The molecule has 82 valence electrons. The van der Waals surface area contributed by atoms with Crippen LogP contribution in [0, 0.1) is 6.92 Å². The molecule has 1 rings (SSSR count). The van der Waals surface area contributed by atoms with E-state index in [4.69, 9.17) is 9.47 Å². The molecule has 0 bridgehead atoms. The normalized spacial score (nSPS) is 10.1. The van der Waals surface area contributed by atoms with Gasteiger partial charge in [0.05, 0.1) is 18.8 Å². The second kappa shape index (κ2) is 5.51. The van der Waals surface area contributed by atoms with Crippen molar-refractivity contribution in [2.75, 3.05) is 13.7 Å². The summed E-state index contributed by atoms with van der Waals surface area (Å²) in [5.74, 6) is -0.287. The number of hydrogen-bond acceptors (Lipinski definition) is 3. The van der Waals surface area contributed by atoms with Gasteiger partial charge in [0.2, 0.25) is 0 Å². The number of methoxy groups -OCH3 is 1. The van der Waals surface area contributed by atoms with E-state index in [1.54, 1.807) is 20.1 Å². The van der Waals surface area contributed by atoms with Crippen LogP contribution in [0.15, 0.2) is 18.2 Å². The van der Waals surface area contributed by atoms with Crippen LogP contribution in [0.25, 0.3) is 0 Å². The van der Waals surface area contributed by atoms with E-state index in [9.17, 15) is 4.79 Å². The van der Waals surface area contributed by atoms with Crippen molar-refractivity contribution in [3.8, 4) is 0 Å². The topological polar surface area (TPSA) is 35.5 Å². The van der Waals surface area contributed by atoms with Crippen LogP contribution in [-0.2, 0) is 16.1 Å². The van der Waals surface area contributed by atoms with Gasteiger partial charge in [-0.25, -0.2) is 4.79 Å².